The molecule has 0 atom stereocenters. The van der Waals surface area contributed by atoms with Crippen LogP contribution in [0.5, 0.6) is 11.8 Å². The van der Waals surface area contributed by atoms with Gasteiger partial charge >= 0.3 is 12.0 Å². The van der Waals surface area contributed by atoms with E-state index in [9.17, 15) is 4.79 Å². The van der Waals surface area contributed by atoms with E-state index in [2.05, 4.69) is 9.97 Å². The fourth-order valence-corrected chi connectivity index (χ4v) is 1.45. The van der Waals surface area contributed by atoms with Crippen LogP contribution in [0.15, 0.2) is 36.7 Å². The fourth-order valence-electron chi connectivity index (χ4n) is 1.35. The van der Waals surface area contributed by atoms with Gasteiger partial charge in [0.1, 0.15) is 5.75 Å². The summed E-state index contributed by atoms with van der Waals surface area (Å²) in [5.41, 5.74) is 0.647. The van der Waals surface area contributed by atoms with E-state index in [0.29, 0.717) is 16.3 Å². The number of carbonyl (C=O) groups is 1. The highest BCUT2D eigenvalue weighted by molar-refractivity contribution is 6.30. The molecule has 1 aromatic carbocycles. The second-order valence-corrected chi connectivity index (χ2v) is 3.94. The van der Waals surface area contributed by atoms with Crippen LogP contribution in [0, 0.1) is 0 Å². The summed E-state index contributed by atoms with van der Waals surface area (Å²) in [6.07, 6.45) is 2.79. The number of carboxylic acids is 1. The van der Waals surface area contributed by atoms with Gasteiger partial charge in [-0.15, -0.1) is 0 Å². The third-order valence-electron chi connectivity index (χ3n) is 2.06. The van der Waals surface area contributed by atoms with Gasteiger partial charge < -0.3 is 9.84 Å². The monoisotopic (exact) mass is 264 g/mol. The van der Waals surface area contributed by atoms with Crippen molar-refractivity contribution in [3.05, 3.63) is 47.2 Å². The van der Waals surface area contributed by atoms with E-state index in [1.165, 1.54) is 12.4 Å². The predicted octanol–water partition coefficient (Wildman–Crippen LogP) is 2.55. The molecule has 5 nitrogen and oxygen atoms in total. The Labute approximate surface area is 108 Å². The Morgan fingerprint density at radius 1 is 1.33 bits per heavy atom. The van der Waals surface area contributed by atoms with E-state index in [0.717, 1.165) is 0 Å². The van der Waals surface area contributed by atoms with E-state index < -0.39 is 5.97 Å². The Morgan fingerprint density at radius 3 is 2.72 bits per heavy atom. The lowest BCUT2D eigenvalue weighted by atomic mass is 10.1. The number of ether oxygens (including phenoxy) is 1. The molecule has 2 rings (SSSR count). The van der Waals surface area contributed by atoms with Gasteiger partial charge in [-0.2, -0.15) is 0 Å². The van der Waals surface area contributed by atoms with Crippen molar-refractivity contribution in [1.29, 1.82) is 0 Å². The third kappa shape index (κ3) is 3.43. The lowest BCUT2D eigenvalue weighted by Crippen LogP contribution is -2.00. The van der Waals surface area contributed by atoms with Gasteiger partial charge in [0.05, 0.1) is 23.8 Å². The van der Waals surface area contributed by atoms with Gasteiger partial charge in [0.15, 0.2) is 0 Å². The smallest absolute Gasteiger partial charge is 0.321 e. The zero-order valence-electron chi connectivity index (χ0n) is 9.21. The molecule has 0 spiro atoms. The summed E-state index contributed by atoms with van der Waals surface area (Å²) in [4.78, 5) is 18.4. The van der Waals surface area contributed by atoms with Crippen molar-refractivity contribution < 1.29 is 14.6 Å². The summed E-state index contributed by atoms with van der Waals surface area (Å²) in [5.74, 6) is -0.411. The second kappa shape index (κ2) is 5.46. The number of hydrogen-bond donors (Lipinski definition) is 1. The fraction of sp³-hybridized carbons (Fsp3) is 0.0833. The van der Waals surface area contributed by atoms with Crippen molar-refractivity contribution >= 4 is 17.6 Å². The first kappa shape index (κ1) is 12.3. The summed E-state index contributed by atoms with van der Waals surface area (Å²) in [5, 5.41) is 9.12. The van der Waals surface area contributed by atoms with Gasteiger partial charge in [-0.05, 0) is 17.7 Å². The molecule has 2 aromatic rings. The van der Waals surface area contributed by atoms with E-state index >= 15 is 0 Å². The van der Waals surface area contributed by atoms with Crippen molar-refractivity contribution in [3.63, 3.8) is 0 Å². The summed E-state index contributed by atoms with van der Waals surface area (Å²) < 4.78 is 5.38. The van der Waals surface area contributed by atoms with Crippen LogP contribution in [0.4, 0.5) is 0 Å². The molecule has 0 unspecified atom stereocenters. The number of aromatic nitrogens is 2. The minimum atomic E-state index is -0.894. The quantitative estimate of drug-likeness (QED) is 0.919. The molecular formula is C12H9ClN2O3. The van der Waals surface area contributed by atoms with Crippen LogP contribution in [-0.2, 0) is 11.2 Å². The van der Waals surface area contributed by atoms with E-state index in [4.69, 9.17) is 21.4 Å². The number of aliphatic carboxylic acids is 1. The molecule has 18 heavy (non-hydrogen) atoms. The molecule has 6 heteroatoms. The molecule has 1 heterocycles. The summed E-state index contributed by atoms with van der Waals surface area (Å²) >= 11 is 5.65. The van der Waals surface area contributed by atoms with Crippen molar-refractivity contribution in [1.82, 2.24) is 9.97 Å². The molecule has 92 valence electrons. The maximum atomic E-state index is 10.6. The van der Waals surface area contributed by atoms with Crippen molar-refractivity contribution in [2.24, 2.45) is 0 Å². The van der Waals surface area contributed by atoms with Gasteiger partial charge in [0, 0.05) is 0 Å². The molecular weight excluding hydrogens is 256 g/mol. The average Bonchev–Trinajstić information content (AvgIpc) is 2.32. The van der Waals surface area contributed by atoms with Crippen LogP contribution in [0.2, 0.25) is 5.02 Å². The molecule has 1 N–H and O–H groups in total. The minimum absolute atomic E-state index is 0.0569. The molecule has 0 saturated carbocycles. The molecule has 0 aliphatic rings. The van der Waals surface area contributed by atoms with Crippen molar-refractivity contribution in [2.45, 2.75) is 6.42 Å². The Bertz CT molecular complexity index is 558. The Kier molecular flexibility index (Phi) is 3.74. The number of hydrogen-bond acceptors (Lipinski definition) is 4. The van der Waals surface area contributed by atoms with Crippen LogP contribution >= 0.6 is 11.6 Å². The van der Waals surface area contributed by atoms with E-state index in [1.807, 2.05) is 0 Å². The van der Waals surface area contributed by atoms with Gasteiger partial charge in [-0.3, -0.25) is 4.79 Å². The van der Waals surface area contributed by atoms with Crippen LogP contribution in [0.25, 0.3) is 0 Å². The van der Waals surface area contributed by atoms with Crippen LogP contribution < -0.4 is 4.74 Å². The second-order valence-electron chi connectivity index (χ2n) is 3.50. The first-order chi connectivity index (χ1) is 8.63. The van der Waals surface area contributed by atoms with Crippen molar-refractivity contribution in [3.8, 4) is 11.8 Å². The molecule has 0 aliphatic carbocycles. The Hall–Kier alpha value is -2.14. The number of halogens is 1. The first-order valence-electron chi connectivity index (χ1n) is 5.09. The van der Waals surface area contributed by atoms with Crippen LogP contribution in [0.3, 0.4) is 0 Å². The SMILES string of the molecule is O=C(O)Cc1cccc(Oc2ncc(Cl)cn2)c1. The van der Waals surface area contributed by atoms with Gasteiger partial charge in [0.25, 0.3) is 0 Å². The Morgan fingerprint density at radius 2 is 2.06 bits per heavy atom. The molecule has 0 radical (unpaired) electrons. The first-order valence-corrected chi connectivity index (χ1v) is 5.47. The summed E-state index contributed by atoms with van der Waals surface area (Å²) in [6, 6.07) is 6.91. The van der Waals surface area contributed by atoms with Crippen molar-refractivity contribution in [2.75, 3.05) is 0 Å². The predicted molar refractivity (Wildman–Crippen MR) is 64.9 cm³/mol. The largest absolute Gasteiger partial charge is 0.481 e. The number of nitrogens with zero attached hydrogens (tertiary/aromatic N) is 2. The van der Waals surface area contributed by atoms with Gasteiger partial charge in [-0.1, -0.05) is 23.7 Å². The zero-order chi connectivity index (χ0) is 13.0. The Balaban J connectivity index is 2.13. The zero-order valence-corrected chi connectivity index (χ0v) is 9.96. The maximum Gasteiger partial charge on any atom is 0.321 e. The molecule has 0 amide bonds. The van der Waals surface area contributed by atoms with E-state index in [-0.39, 0.29) is 12.4 Å². The normalized spacial score (nSPS) is 10.1. The number of rotatable bonds is 4. The minimum Gasteiger partial charge on any atom is -0.481 e. The number of carboxylic acid groups (broad SMARTS) is 1. The lowest BCUT2D eigenvalue weighted by molar-refractivity contribution is -0.136. The molecule has 0 aliphatic heterocycles. The number of benzene rings is 1. The molecule has 0 bridgehead atoms. The summed E-state index contributed by atoms with van der Waals surface area (Å²) in [7, 11) is 0. The molecule has 1 aromatic heterocycles. The van der Waals surface area contributed by atoms with Crippen LogP contribution in [0.1, 0.15) is 5.56 Å². The van der Waals surface area contributed by atoms with E-state index in [1.54, 1.807) is 24.3 Å². The highest BCUT2D eigenvalue weighted by atomic mass is 35.5. The maximum absolute atomic E-state index is 10.6. The lowest BCUT2D eigenvalue weighted by Gasteiger charge is -2.04. The topological polar surface area (TPSA) is 72.3 Å². The van der Waals surface area contributed by atoms with Gasteiger partial charge in [0.2, 0.25) is 0 Å². The standard InChI is InChI=1S/C12H9ClN2O3/c13-9-6-14-12(15-7-9)18-10-3-1-2-8(4-10)5-11(16)17/h1-4,6-7H,5H2,(H,16,17). The molecule has 0 fully saturated rings. The molecule has 0 saturated heterocycles. The summed E-state index contributed by atoms with van der Waals surface area (Å²) in [6.45, 7) is 0. The van der Waals surface area contributed by atoms with Gasteiger partial charge in [-0.25, -0.2) is 9.97 Å². The third-order valence-corrected chi connectivity index (χ3v) is 2.25. The highest BCUT2D eigenvalue weighted by Gasteiger charge is 2.04. The van der Waals surface area contributed by atoms with Crippen LogP contribution in [-0.4, -0.2) is 21.0 Å². The highest BCUT2D eigenvalue weighted by Crippen LogP contribution is 2.19. The average molecular weight is 265 g/mol.